The predicted molar refractivity (Wildman–Crippen MR) is 172 cm³/mol. The Labute approximate surface area is 248 Å². The SMILES string of the molecule is CCN(P(Oc1c(C)cccc1C)Oc1c(C)cccc1C)P(Oc1c(C)cccc1C)Oc1c(C)cccc1C. The summed E-state index contributed by atoms with van der Waals surface area (Å²) in [5.74, 6) is 3.27. The van der Waals surface area contributed by atoms with Crippen LogP contribution in [0.5, 0.6) is 23.0 Å². The molecule has 0 aromatic heterocycles. The molecule has 0 spiro atoms. The van der Waals surface area contributed by atoms with Crippen molar-refractivity contribution >= 4 is 17.1 Å². The van der Waals surface area contributed by atoms with Gasteiger partial charge < -0.3 is 18.1 Å². The van der Waals surface area contributed by atoms with E-state index in [1.807, 2.05) is 24.3 Å². The minimum atomic E-state index is -1.70. The van der Waals surface area contributed by atoms with Gasteiger partial charge in [-0.15, -0.1) is 4.44 Å². The summed E-state index contributed by atoms with van der Waals surface area (Å²) in [5.41, 5.74) is 8.40. The van der Waals surface area contributed by atoms with Crippen LogP contribution in [-0.2, 0) is 0 Å². The molecule has 4 aromatic rings. The standard InChI is InChI=1S/C34H41NO4P2/c1-10-35(40(36-31-23(2)15-11-16-24(31)3)37-32-25(4)17-12-18-26(32)5)41(38-33-27(6)19-13-20-28(33)7)39-34-29(8)21-14-22-30(34)9/h11-22H,10H2,1-9H3. The summed E-state index contributed by atoms with van der Waals surface area (Å²) in [7, 11) is -3.40. The van der Waals surface area contributed by atoms with E-state index in [9.17, 15) is 0 Å². The quantitative estimate of drug-likeness (QED) is 0.163. The van der Waals surface area contributed by atoms with Gasteiger partial charge >= 0.3 is 17.1 Å². The molecule has 0 atom stereocenters. The summed E-state index contributed by atoms with van der Waals surface area (Å²) in [6.07, 6.45) is 0. The van der Waals surface area contributed by atoms with E-state index < -0.39 is 17.1 Å². The second-order valence-corrected chi connectivity index (χ2v) is 13.4. The highest BCUT2D eigenvalue weighted by Crippen LogP contribution is 2.60. The van der Waals surface area contributed by atoms with Crippen LogP contribution >= 0.6 is 17.1 Å². The van der Waals surface area contributed by atoms with Gasteiger partial charge in [-0.2, -0.15) is 0 Å². The fourth-order valence-corrected chi connectivity index (χ4v) is 8.21. The maximum atomic E-state index is 6.85. The van der Waals surface area contributed by atoms with Gasteiger partial charge in [0.05, 0.1) is 0 Å². The van der Waals surface area contributed by atoms with Gasteiger partial charge in [0.15, 0.2) is 0 Å². The molecule has 0 saturated heterocycles. The molecule has 0 unspecified atom stereocenters. The highest BCUT2D eigenvalue weighted by atomic mass is 31.2. The Kier molecular flexibility index (Phi) is 10.3. The molecule has 0 bridgehead atoms. The van der Waals surface area contributed by atoms with Crippen LogP contribution in [0, 0.1) is 55.4 Å². The van der Waals surface area contributed by atoms with Gasteiger partial charge in [0.25, 0.3) is 0 Å². The second kappa shape index (κ2) is 13.7. The molecule has 0 aliphatic carbocycles. The Balaban J connectivity index is 1.84. The maximum Gasteiger partial charge on any atom is 0.393 e. The second-order valence-electron chi connectivity index (χ2n) is 10.4. The summed E-state index contributed by atoms with van der Waals surface area (Å²) in [6, 6.07) is 24.7. The van der Waals surface area contributed by atoms with Gasteiger partial charge in [-0.05, 0) is 99.9 Å². The highest BCUT2D eigenvalue weighted by molar-refractivity contribution is 7.61. The Bertz CT molecular complexity index is 1210. The number of hydrogen-bond donors (Lipinski definition) is 0. The highest BCUT2D eigenvalue weighted by Gasteiger charge is 2.38. The Morgan fingerprint density at radius 1 is 0.415 bits per heavy atom. The van der Waals surface area contributed by atoms with E-state index in [4.69, 9.17) is 18.1 Å². The van der Waals surface area contributed by atoms with Crippen LogP contribution in [0.4, 0.5) is 0 Å². The smallest absolute Gasteiger partial charge is 0.393 e. The molecule has 0 amide bonds. The number of benzene rings is 4. The first kappa shape index (κ1) is 30.8. The van der Waals surface area contributed by atoms with Crippen molar-refractivity contribution in [1.82, 2.24) is 4.44 Å². The van der Waals surface area contributed by atoms with Crippen LogP contribution in [0.3, 0.4) is 0 Å². The van der Waals surface area contributed by atoms with Crippen molar-refractivity contribution in [1.29, 1.82) is 0 Å². The molecule has 0 aliphatic heterocycles. The molecule has 7 heteroatoms. The van der Waals surface area contributed by atoms with Crippen molar-refractivity contribution in [3.63, 3.8) is 0 Å². The summed E-state index contributed by atoms with van der Waals surface area (Å²) < 4.78 is 29.5. The minimum absolute atomic E-state index is 0.586. The third-order valence-corrected chi connectivity index (χ3v) is 10.5. The largest absolute Gasteiger partial charge is 0.426 e. The molecule has 0 aliphatic rings. The lowest BCUT2D eigenvalue weighted by Crippen LogP contribution is -2.23. The lowest BCUT2D eigenvalue weighted by molar-refractivity contribution is 0.384. The Hall–Kier alpha value is -3.10. The first-order valence-electron chi connectivity index (χ1n) is 13.9. The number of hydrogen-bond acceptors (Lipinski definition) is 5. The zero-order valence-corrected chi connectivity index (χ0v) is 27.4. The van der Waals surface area contributed by atoms with Crippen LogP contribution in [0.15, 0.2) is 72.8 Å². The molecule has 0 radical (unpaired) electrons. The van der Waals surface area contributed by atoms with Gasteiger partial charge in [-0.1, -0.05) is 79.7 Å². The third-order valence-electron chi connectivity index (χ3n) is 6.97. The lowest BCUT2D eigenvalue weighted by Gasteiger charge is -2.34. The molecule has 0 saturated carbocycles. The van der Waals surface area contributed by atoms with Crippen molar-refractivity contribution in [2.24, 2.45) is 0 Å². The van der Waals surface area contributed by atoms with Crippen molar-refractivity contribution in [3.05, 3.63) is 117 Å². The molecule has 4 rings (SSSR count). The topological polar surface area (TPSA) is 40.2 Å². The average Bonchev–Trinajstić information content (AvgIpc) is 2.92. The molecule has 0 N–H and O–H groups in total. The lowest BCUT2D eigenvalue weighted by atomic mass is 10.1. The van der Waals surface area contributed by atoms with Crippen molar-refractivity contribution in [3.8, 4) is 23.0 Å². The van der Waals surface area contributed by atoms with Crippen LogP contribution in [0.25, 0.3) is 0 Å². The first-order chi connectivity index (χ1) is 19.6. The fraction of sp³-hybridized carbons (Fsp3) is 0.294. The van der Waals surface area contributed by atoms with E-state index in [1.54, 1.807) is 0 Å². The molecule has 216 valence electrons. The van der Waals surface area contributed by atoms with Crippen molar-refractivity contribution < 1.29 is 18.1 Å². The molecule has 0 heterocycles. The molecular weight excluding hydrogens is 548 g/mol. The molecular formula is C34H41NO4P2. The van der Waals surface area contributed by atoms with E-state index in [-0.39, 0.29) is 0 Å². The molecule has 4 aromatic carbocycles. The van der Waals surface area contributed by atoms with Gasteiger partial charge in [0.1, 0.15) is 23.0 Å². The van der Waals surface area contributed by atoms with E-state index in [1.165, 1.54) is 0 Å². The third kappa shape index (κ3) is 7.22. The average molecular weight is 590 g/mol. The van der Waals surface area contributed by atoms with Gasteiger partial charge in [0, 0.05) is 6.54 Å². The van der Waals surface area contributed by atoms with Gasteiger partial charge in [-0.25, -0.2) is 0 Å². The van der Waals surface area contributed by atoms with Gasteiger partial charge in [-0.3, -0.25) is 0 Å². The number of para-hydroxylation sites is 4. The van der Waals surface area contributed by atoms with Crippen LogP contribution in [0.2, 0.25) is 0 Å². The minimum Gasteiger partial charge on any atom is -0.426 e. The number of nitrogens with zero attached hydrogens (tertiary/aromatic N) is 1. The van der Waals surface area contributed by atoms with E-state index in [0.29, 0.717) is 6.54 Å². The molecule has 41 heavy (non-hydrogen) atoms. The monoisotopic (exact) mass is 589 g/mol. The van der Waals surface area contributed by atoms with Crippen LogP contribution in [-0.4, -0.2) is 11.0 Å². The van der Waals surface area contributed by atoms with Crippen LogP contribution < -0.4 is 18.1 Å². The van der Waals surface area contributed by atoms with Gasteiger partial charge in [0.2, 0.25) is 0 Å². The van der Waals surface area contributed by atoms with E-state index in [0.717, 1.165) is 67.5 Å². The number of aryl methyl sites for hydroxylation is 8. The van der Waals surface area contributed by atoms with Crippen molar-refractivity contribution in [2.75, 3.05) is 6.54 Å². The number of rotatable bonds is 11. The van der Waals surface area contributed by atoms with E-state index in [2.05, 4.69) is 115 Å². The molecule has 5 nitrogen and oxygen atoms in total. The Morgan fingerprint density at radius 3 is 0.780 bits per heavy atom. The fourth-order valence-electron chi connectivity index (χ4n) is 4.60. The first-order valence-corrected chi connectivity index (χ1v) is 16.2. The van der Waals surface area contributed by atoms with Crippen molar-refractivity contribution in [2.45, 2.75) is 62.3 Å². The maximum absolute atomic E-state index is 6.85. The molecule has 0 fully saturated rings. The summed E-state index contributed by atoms with van der Waals surface area (Å²) in [6.45, 7) is 19.2. The van der Waals surface area contributed by atoms with Crippen LogP contribution in [0.1, 0.15) is 51.4 Å². The predicted octanol–water partition coefficient (Wildman–Crippen LogP) is 10.5. The van der Waals surface area contributed by atoms with E-state index >= 15 is 0 Å². The zero-order valence-electron chi connectivity index (χ0n) is 25.6. The summed E-state index contributed by atoms with van der Waals surface area (Å²) in [5, 5.41) is 0. The normalized spacial score (nSPS) is 11.3. The summed E-state index contributed by atoms with van der Waals surface area (Å²) >= 11 is 0. The summed E-state index contributed by atoms with van der Waals surface area (Å²) in [4.78, 5) is 0. The zero-order chi connectivity index (χ0) is 29.7. The Morgan fingerprint density at radius 2 is 0.610 bits per heavy atom.